The minimum atomic E-state index is -4.78. The number of esters is 1. The van der Waals surface area contributed by atoms with Gasteiger partial charge in [0.2, 0.25) is 0 Å². The lowest BCUT2D eigenvalue weighted by Gasteiger charge is -2.19. The van der Waals surface area contributed by atoms with Crippen LogP contribution in [-0.4, -0.2) is 33.5 Å². The zero-order valence-electron chi connectivity index (χ0n) is 10.0. The van der Waals surface area contributed by atoms with Crippen molar-refractivity contribution >= 4 is 11.7 Å². The summed E-state index contributed by atoms with van der Waals surface area (Å²) in [4.78, 5) is 12.7. The number of carbonyl (C=O) groups is 1. The van der Waals surface area contributed by atoms with E-state index >= 15 is 0 Å². The van der Waals surface area contributed by atoms with Gasteiger partial charge in [0, 0.05) is 14.1 Å². The fourth-order valence-corrected chi connectivity index (χ4v) is 1.32. The van der Waals surface area contributed by atoms with E-state index in [9.17, 15) is 18.0 Å². The molecule has 0 spiro atoms. The molecule has 0 unspecified atom stereocenters. The average molecular weight is 263 g/mol. The molecule has 0 aliphatic carbocycles. The van der Waals surface area contributed by atoms with Gasteiger partial charge in [-0.25, -0.2) is 4.79 Å². The van der Waals surface area contributed by atoms with Gasteiger partial charge in [-0.05, 0) is 18.2 Å². The summed E-state index contributed by atoms with van der Waals surface area (Å²) in [6.45, 7) is 0. The number of hydrogen-bond donors (Lipinski definition) is 0. The molecule has 0 fully saturated rings. The van der Waals surface area contributed by atoms with Crippen LogP contribution < -0.4 is 9.64 Å². The van der Waals surface area contributed by atoms with E-state index in [0.717, 1.165) is 6.07 Å². The number of alkyl halides is 3. The zero-order chi connectivity index (χ0) is 13.9. The number of halogens is 3. The molecular formula is C11H12F3NO3. The lowest BCUT2D eigenvalue weighted by atomic mass is 10.2. The highest BCUT2D eigenvalue weighted by Crippen LogP contribution is 2.32. The van der Waals surface area contributed by atoms with Crippen molar-refractivity contribution in [3.05, 3.63) is 23.8 Å². The molecule has 18 heavy (non-hydrogen) atoms. The van der Waals surface area contributed by atoms with Gasteiger partial charge in [0.25, 0.3) is 0 Å². The van der Waals surface area contributed by atoms with E-state index in [2.05, 4.69) is 9.47 Å². The van der Waals surface area contributed by atoms with Crippen LogP contribution in [0.2, 0.25) is 0 Å². The molecule has 0 aliphatic heterocycles. The number of rotatable bonds is 3. The van der Waals surface area contributed by atoms with E-state index in [-0.39, 0.29) is 17.0 Å². The highest BCUT2D eigenvalue weighted by atomic mass is 19.4. The molecule has 0 saturated heterocycles. The number of methoxy groups -OCH3 is 1. The molecule has 0 aliphatic rings. The van der Waals surface area contributed by atoms with Crippen molar-refractivity contribution in [2.24, 2.45) is 0 Å². The molecule has 7 heteroatoms. The van der Waals surface area contributed by atoms with Crippen molar-refractivity contribution in [2.45, 2.75) is 6.36 Å². The van der Waals surface area contributed by atoms with Crippen LogP contribution in [-0.2, 0) is 4.74 Å². The van der Waals surface area contributed by atoms with Gasteiger partial charge >= 0.3 is 12.3 Å². The summed E-state index contributed by atoms with van der Waals surface area (Å²) in [5, 5.41) is 0. The Hall–Kier alpha value is -1.92. The van der Waals surface area contributed by atoms with Gasteiger partial charge in [-0.1, -0.05) is 0 Å². The van der Waals surface area contributed by atoms with Gasteiger partial charge in [0.1, 0.15) is 0 Å². The highest BCUT2D eigenvalue weighted by molar-refractivity contribution is 5.91. The molecule has 4 nitrogen and oxygen atoms in total. The molecule has 0 radical (unpaired) electrons. The smallest absolute Gasteiger partial charge is 0.465 e. The first-order valence-corrected chi connectivity index (χ1v) is 4.90. The molecule has 0 heterocycles. The van der Waals surface area contributed by atoms with Crippen LogP contribution in [0.25, 0.3) is 0 Å². The maximum absolute atomic E-state index is 12.2. The third kappa shape index (κ3) is 3.54. The molecule has 1 rings (SSSR count). The first-order chi connectivity index (χ1) is 8.24. The molecule has 100 valence electrons. The van der Waals surface area contributed by atoms with Gasteiger partial charge < -0.3 is 14.4 Å². The third-order valence-electron chi connectivity index (χ3n) is 2.09. The van der Waals surface area contributed by atoms with E-state index in [1.807, 2.05) is 0 Å². The first-order valence-electron chi connectivity index (χ1n) is 4.90. The second kappa shape index (κ2) is 5.16. The quantitative estimate of drug-likeness (QED) is 0.785. The number of carbonyl (C=O) groups excluding carboxylic acids is 1. The summed E-state index contributed by atoms with van der Waals surface area (Å²) < 4.78 is 44.9. The van der Waals surface area contributed by atoms with Crippen LogP contribution in [0.5, 0.6) is 5.75 Å². The first kappa shape index (κ1) is 14.1. The fraction of sp³-hybridized carbons (Fsp3) is 0.364. The van der Waals surface area contributed by atoms with Gasteiger partial charge in [0.05, 0.1) is 18.4 Å². The van der Waals surface area contributed by atoms with Crippen LogP contribution in [0, 0.1) is 0 Å². The maximum Gasteiger partial charge on any atom is 0.573 e. The van der Waals surface area contributed by atoms with Crippen LogP contribution >= 0.6 is 0 Å². The Labute approximate surface area is 102 Å². The molecule has 0 N–H and O–H groups in total. The predicted octanol–water partition coefficient (Wildman–Crippen LogP) is 2.44. The number of ether oxygens (including phenoxy) is 2. The Balaban J connectivity index is 3.17. The van der Waals surface area contributed by atoms with Crippen LogP contribution in [0.3, 0.4) is 0 Å². The number of nitrogens with zero attached hydrogens (tertiary/aromatic N) is 1. The summed E-state index contributed by atoms with van der Waals surface area (Å²) in [5.41, 5.74) is 0.283. The average Bonchev–Trinajstić information content (AvgIpc) is 2.26. The molecule has 0 aromatic heterocycles. The minimum Gasteiger partial charge on any atom is -0.465 e. The Kier molecular flexibility index (Phi) is 4.05. The van der Waals surface area contributed by atoms with Gasteiger partial charge in [-0.3, -0.25) is 0 Å². The lowest BCUT2D eigenvalue weighted by molar-refractivity contribution is -0.274. The Bertz CT molecular complexity index is 444. The van der Waals surface area contributed by atoms with Crippen molar-refractivity contribution in [1.82, 2.24) is 0 Å². The number of anilines is 1. The van der Waals surface area contributed by atoms with Crippen molar-refractivity contribution in [3.8, 4) is 5.75 Å². The SMILES string of the molecule is COC(=O)c1ccc(OC(F)(F)F)c(N(C)C)c1. The Morgan fingerprint density at radius 2 is 1.89 bits per heavy atom. The molecule has 0 atom stereocenters. The Morgan fingerprint density at radius 3 is 2.33 bits per heavy atom. The summed E-state index contributed by atoms with van der Waals surface area (Å²) in [6.07, 6.45) is -4.78. The topological polar surface area (TPSA) is 38.8 Å². The van der Waals surface area contributed by atoms with Gasteiger partial charge in [-0.2, -0.15) is 0 Å². The third-order valence-corrected chi connectivity index (χ3v) is 2.09. The van der Waals surface area contributed by atoms with Crippen molar-refractivity contribution in [1.29, 1.82) is 0 Å². The molecule has 0 saturated carbocycles. The summed E-state index contributed by atoms with van der Waals surface area (Å²) in [7, 11) is 4.27. The van der Waals surface area contributed by atoms with E-state index in [4.69, 9.17) is 0 Å². The van der Waals surface area contributed by atoms with E-state index in [0.29, 0.717) is 0 Å². The van der Waals surface area contributed by atoms with E-state index in [1.54, 1.807) is 14.1 Å². The highest BCUT2D eigenvalue weighted by Gasteiger charge is 2.32. The lowest BCUT2D eigenvalue weighted by Crippen LogP contribution is -2.20. The Morgan fingerprint density at radius 1 is 1.28 bits per heavy atom. The predicted molar refractivity (Wildman–Crippen MR) is 58.8 cm³/mol. The molecule has 1 aromatic rings. The second-order valence-electron chi connectivity index (χ2n) is 3.62. The standard InChI is InChI=1S/C11H12F3NO3/c1-15(2)8-6-7(10(16)17-3)4-5-9(8)18-11(12,13)14/h4-6H,1-3H3. The van der Waals surface area contributed by atoms with Crippen molar-refractivity contribution in [2.75, 3.05) is 26.1 Å². The number of hydrogen-bond acceptors (Lipinski definition) is 4. The van der Waals surface area contributed by atoms with Gasteiger partial charge in [-0.15, -0.1) is 13.2 Å². The molecule has 0 bridgehead atoms. The summed E-state index contributed by atoms with van der Waals surface area (Å²) >= 11 is 0. The zero-order valence-corrected chi connectivity index (χ0v) is 10.0. The monoisotopic (exact) mass is 263 g/mol. The normalized spacial score (nSPS) is 11.0. The minimum absolute atomic E-state index is 0.134. The van der Waals surface area contributed by atoms with E-state index in [1.165, 1.54) is 24.1 Å². The maximum atomic E-state index is 12.2. The summed E-state index contributed by atoms with van der Waals surface area (Å²) in [5.74, 6) is -1.00. The number of benzene rings is 1. The fourth-order valence-electron chi connectivity index (χ4n) is 1.32. The molecule has 1 aromatic carbocycles. The summed E-state index contributed by atoms with van der Waals surface area (Å²) in [6, 6.07) is 3.56. The largest absolute Gasteiger partial charge is 0.573 e. The van der Waals surface area contributed by atoms with Crippen molar-refractivity contribution < 1.29 is 27.4 Å². The van der Waals surface area contributed by atoms with E-state index < -0.39 is 12.3 Å². The van der Waals surface area contributed by atoms with Crippen LogP contribution in [0.4, 0.5) is 18.9 Å². The van der Waals surface area contributed by atoms with Crippen molar-refractivity contribution in [3.63, 3.8) is 0 Å². The van der Waals surface area contributed by atoms with Gasteiger partial charge in [0.15, 0.2) is 5.75 Å². The molecular weight excluding hydrogens is 251 g/mol. The van der Waals surface area contributed by atoms with Crippen LogP contribution in [0.15, 0.2) is 18.2 Å². The molecule has 0 amide bonds. The van der Waals surface area contributed by atoms with Crippen LogP contribution in [0.1, 0.15) is 10.4 Å². The second-order valence-corrected chi connectivity index (χ2v) is 3.62.